The van der Waals surface area contributed by atoms with Crippen LogP contribution in [0.1, 0.15) is 31.2 Å². The molecule has 0 bridgehead atoms. The van der Waals surface area contributed by atoms with Crippen LogP contribution < -0.4 is 0 Å². The van der Waals surface area contributed by atoms with Gasteiger partial charge in [0.2, 0.25) is 0 Å². The third kappa shape index (κ3) is 4.46. The molecule has 0 radical (unpaired) electrons. The van der Waals surface area contributed by atoms with Crippen LogP contribution in [0.5, 0.6) is 0 Å². The zero-order valence-corrected chi connectivity index (χ0v) is 12.1. The van der Waals surface area contributed by atoms with Crippen molar-refractivity contribution in [3.8, 4) is 0 Å². The fourth-order valence-corrected chi connectivity index (χ4v) is 2.96. The molecule has 2 rings (SSSR count). The number of benzene rings is 1. The van der Waals surface area contributed by atoms with Crippen molar-refractivity contribution in [2.75, 3.05) is 13.1 Å². The van der Waals surface area contributed by atoms with Gasteiger partial charge in [-0.2, -0.15) is 0 Å². The van der Waals surface area contributed by atoms with Crippen LogP contribution in [0.4, 0.5) is 4.39 Å². The number of carboxylic acids is 1. The highest BCUT2D eigenvalue weighted by atomic mass is 35.5. The summed E-state index contributed by atoms with van der Waals surface area (Å²) in [6, 6.07) is 4.81. The van der Waals surface area contributed by atoms with Crippen molar-refractivity contribution < 1.29 is 14.3 Å². The van der Waals surface area contributed by atoms with Gasteiger partial charge in [-0.1, -0.05) is 17.7 Å². The average molecular weight is 300 g/mol. The molecule has 0 aromatic heterocycles. The van der Waals surface area contributed by atoms with Gasteiger partial charge in [0.1, 0.15) is 5.82 Å². The van der Waals surface area contributed by atoms with Gasteiger partial charge >= 0.3 is 5.97 Å². The molecule has 1 aliphatic rings. The maximum atomic E-state index is 13.1. The van der Waals surface area contributed by atoms with E-state index in [0.717, 1.165) is 44.5 Å². The Labute approximate surface area is 123 Å². The Bertz CT molecular complexity index is 481. The lowest BCUT2D eigenvalue weighted by Gasteiger charge is -2.32. The van der Waals surface area contributed by atoms with Crippen LogP contribution in [0.25, 0.3) is 0 Å². The summed E-state index contributed by atoms with van der Waals surface area (Å²) in [4.78, 5) is 12.9. The van der Waals surface area contributed by atoms with Crippen molar-refractivity contribution in [2.45, 2.75) is 32.2 Å². The van der Waals surface area contributed by atoms with Crippen LogP contribution >= 0.6 is 11.6 Å². The molecule has 5 heteroatoms. The number of hydrogen-bond donors (Lipinski definition) is 1. The normalized spacial score (nSPS) is 20.0. The van der Waals surface area contributed by atoms with Crippen LogP contribution in [-0.2, 0) is 11.3 Å². The molecule has 20 heavy (non-hydrogen) atoms. The second kappa shape index (κ2) is 7.04. The first-order valence-corrected chi connectivity index (χ1v) is 7.30. The third-order valence-corrected chi connectivity index (χ3v) is 4.05. The SMILES string of the molecule is O=C(O)CCC1CCCN(Cc2ccc(F)c(Cl)c2)C1. The van der Waals surface area contributed by atoms with Crippen molar-refractivity contribution in [1.82, 2.24) is 4.90 Å². The fraction of sp³-hybridized carbons (Fsp3) is 0.533. The van der Waals surface area contributed by atoms with E-state index in [-0.39, 0.29) is 11.4 Å². The van der Waals surface area contributed by atoms with Crippen LogP contribution in [0, 0.1) is 11.7 Å². The number of carbonyl (C=O) groups is 1. The van der Waals surface area contributed by atoms with Crippen molar-refractivity contribution in [1.29, 1.82) is 0 Å². The van der Waals surface area contributed by atoms with Gasteiger partial charge in [-0.3, -0.25) is 9.69 Å². The molecule has 1 aromatic rings. The molecule has 1 fully saturated rings. The maximum absolute atomic E-state index is 13.1. The van der Waals surface area contributed by atoms with Gasteiger partial charge in [0.15, 0.2) is 0 Å². The molecule has 3 nitrogen and oxygen atoms in total. The van der Waals surface area contributed by atoms with E-state index in [0.29, 0.717) is 5.92 Å². The molecule has 0 amide bonds. The lowest BCUT2D eigenvalue weighted by molar-refractivity contribution is -0.137. The molecule has 1 aromatic carbocycles. The van der Waals surface area contributed by atoms with E-state index in [4.69, 9.17) is 16.7 Å². The second-order valence-electron chi connectivity index (χ2n) is 5.42. The van der Waals surface area contributed by atoms with Crippen LogP contribution in [0.15, 0.2) is 18.2 Å². The van der Waals surface area contributed by atoms with Gasteiger partial charge in [0.25, 0.3) is 0 Å². The van der Waals surface area contributed by atoms with Gasteiger partial charge in [-0.15, -0.1) is 0 Å². The number of halogens is 2. The summed E-state index contributed by atoms with van der Waals surface area (Å²) in [7, 11) is 0. The highest BCUT2D eigenvalue weighted by Gasteiger charge is 2.20. The Balaban J connectivity index is 1.88. The lowest BCUT2D eigenvalue weighted by atomic mass is 9.93. The van der Waals surface area contributed by atoms with Gasteiger partial charge in [-0.25, -0.2) is 4.39 Å². The van der Waals surface area contributed by atoms with Crippen molar-refractivity contribution in [3.63, 3.8) is 0 Å². The highest BCUT2D eigenvalue weighted by Crippen LogP contribution is 2.23. The summed E-state index contributed by atoms with van der Waals surface area (Å²) in [5.74, 6) is -0.684. The van der Waals surface area contributed by atoms with Gasteiger partial charge in [0, 0.05) is 19.5 Å². The fourth-order valence-electron chi connectivity index (χ4n) is 2.75. The first-order chi connectivity index (χ1) is 9.54. The molecule has 1 unspecified atom stereocenters. The Kier molecular flexibility index (Phi) is 5.38. The minimum atomic E-state index is -0.729. The quantitative estimate of drug-likeness (QED) is 0.904. The standard InChI is InChI=1S/C15H19ClFNO2/c16-13-8-12(3-5-14(13)17)10-18-7-1-2-11(9-18)4-6-15(19)20/h3,5,8,11H,1-2,4,6-7,9-10H2,(H,19,20). The summed E-state index contributed by atoms with van der Waals surface area (Å²) >= 11 is 5.79. The molecule has 1 aliphatic heterocycles. The molecule has 1 atom stereocenters. The number of hydrogen-bond acceptors (Lipinski definition) is 2. The summed E-state index contributed by atoms with van der Waals surface area (Å²) in [6.45, 7) is 2.64. The second-order valence-corrected chi connectivity index (χ2v) is 5.83. The van der Waals surface area contributed by atoms with E-state index >= 15 is 0 Å². The Morgan fingerprint density at radius 2 is 2.30 bits per heavy atom. The van der Waals surface area contributed by atoms with E-state index in [1.54, 1.807) is 12.1 Å². The van der Waals surface area contributed by atoms with Crippen molar-refractivity contribution in [2.24, 2.45) is 5.92 Å². The zero-order chi connectivity index (χ0) is 14.5. The number of likely N-dealkylation sites (tertiary alicyclic amines) is 1. The van der Waals surface area contributed by atoms with Crippen LogP contribution in [0.3, 0.4) is 0 Å². The summed E-state index contributed by atoms with van der Waals surface area (Å²) in [6.07, 6.45) is 3.14. The van der Waals surface area contributed by atoms with E-state index in [9.17, 15) is 9.18 Å². The van der Waals surface area contributed by atoms with E-state index in [2.05, 4.69) is 4.90 Å². The van der Waals surface area contributed by atoms with E-state index < -0.39 is 11.8 Å². The molecule has 1 heterocycles. The molecular formula is C15H19ClFNO2. The number of piperidine rings is 1. The number of aliphatic carboxylic acids is 1. The Morgan fingerprint density at radius 3 is 3.00 bits per heavy atom. The van der Waals surface area contributed by atoms with Crippen molar-refractivity contribution >= 4 is 17.6 Å². The number of rotatable bonds is 5. The summed E-state index contributed by atoms with van der Waals surface area (Å²) < 4.78 is 13.1. The first kappa shape index (κ1) is 15.3. The predicted octanol–water partition coefficient (Wildman–Crippen LogP) is 3.56. The number of nitrogens with zero attached hydrogens (tertiary/aromatic N) is 1. The van der Waals surface area contributed by atoms with Crippen LogP contribution in [0.2, 0.25) is 5.02 Å². The summed E-state index contributed by atoms with van der Waals surface area (Å²) in [5, 5.41) is 8.89. The molecule has 0 saturated carbocycles. The van der Waals surface area contributed by atoms with Crippen LogP contribution in [-0.4, -0.2) is 29.1 Å². The molecular weight excluding hydrogens is 281 g/mol. The third-order valence-electron chi connectivity index (χ3n) is 3.76. The van der Waals surface area contributed by atoms with Gasteiger partial charge in [0.05, 0.1) is 5.02 Å². The largest absolute Gasteiger partial charge is 0.481 e. The molecule has 1 N–H and O–H groups in total. The first-order valence-electron chi connectivity index (χ1n) is 6.92. The maximum Gasteiger partial charge on any atom is 0.303 e. The zero-order valence-electron chi connectivity index (χ0n) is 11.3. The molecule has 1 saturated heterocycles. The van der Waals surface area contributed by atoms with Crippen molar-refractivity contribution in [3.05, 3.63) is 34.6 Å². The lowest BCUT2D eigenvalue weighted by Crippen LogP contribution is -2.35. The monoisotopic (exact) mass is 299 g/mol. The predicted molar refractivity (Wildman–Crippen MR) is 76.3 cm³/mol. The molecule has 110 valence electrons. The minimum Gasteiger partial charge on any atom is -0.481 e. The van der Waals surface area contributed by atoms with E-state index in [1.165, 1.54) is 6.07 Å². The topological polar surface area (TPSA) is 40.5 Å². The highest BCUT2D eigenvalue weighted by molar-refractivity contribution is 6.30. The minimum absolute atomic E-state index is 0.155. The van der Waals surface area contributed by atoms with Gasteiger partial charge in [-0.05, 0) is 49.4 Å². The smallest absolute Gasteiger partial charge is 0.303 e. The van der Waals surface area contributed by atoms with E-state index in [1.807, 2.05) is 0 Å². The number of carboxylic acid groups (broad SMARTS) is 1. The molecule has 0 aliphatic carbocycles. The summed E-state index contributed by atoms with van der Waals surface area (Å²) in [5.41, 5.74) is 0.996. The average Bonchev–Trinajstić information content (AvgIpc) is 2.41. The van der Waals surface area contributed by atoms with Gasteiger partial charge < -0.3 is 5.11 Å². The Hall–Kier alpha value is -1.13. The Morgan fingerprint density at radius 1 is 1.50 bits per heavy atom. The molecule has 0 spiro atoms.